The summed E-state index contributed by atoms with van der Waals surface area (Å²) in [5.74, 6) is 0.0410. The molecule has 2 saturated heterocycles. The molecule has 6 nitrogen and oxygen atoms in total. The van der Waals surface area contributed by atoms with E-state index in [-0.39, 0.29) is 11.7 Å². The molecule has 0 radical (unpaired) electrons. The van der Waals surface area contributed by atoms with Gasteiger partial charge in [-0.25, -0.2) is 8.42 Å². The molecule has 4 rings (SSSR count). The van der Waals surface area contributed by atoms with Gasteiger partial charge in [0.2, 0.25) is 10.0 Å². The van der Waals surface area contributed by atoms with Crippen LogP contribution in [0.15, 0.2) is 48.5 Å². The number of quaternary nitrogens is 1. The smallest absolute Gasteiger partial charge is 0.251 e. The van der Waals surface area contributed by atoms with E-state index in [0.29, 0.717) is 30.8 Å². The molecule has 2 aliphatic heterocycles. The number of amides is 1. The van der Waals surface area contributed by atoms with E-state index in [4.69, 9.17) is 0 Å². The average Bonchev–Trinajstić information content (AvgIpc) is 3.12. The van der Waals surface area contributed by atoms with E-state index < -0.39 is 10.0 Å². The number of piperidine rings is 1. The first-order chi connectivity index (χ1) is 14.5. The Bertz CT molecular complexity index is 983. The Morgan fingerprint density at radius 3 is 2.30 bits per heavy atom. The SMILES string of the molecule is O=C(NCc1ccccc1C[NH+]1CCCCC1)c1ccc(N2CCCS2(=O)=O)cc1. The Balaban J connectivity index is 1.38. The minimum Gasteiger partial charge on any atom is -0.348 e. The fourth-order valence-corrected chi connectivity index (χ4v) is 5.95. The van der Waals surface area contributed by atoms with Crippen molar-refractivity contribution in [1.82, 2.24) is 5.32 Å². The number of sulfonamides is 1. The summed E-state index contributed by atoms with van der Waals surface area (Å²) in [4.78, 5) is 14.2. The van der Waals surface area contributed by atoms with E-state index >= 15 is 0 Å². The molecule has 0 atom stereocenters. The predicted octanol–water partition coefficient (Wildman–Crippen LogP) is 1.73. The van der Waals surface area contributed by atoms with Crippen molar-refractivity contribution in [3.05, 3.63) is 65.2 Å². The summed E-state index contributed by atoms with van der Waals surface area (Å²) in [5.41, 5.74) is 3.61. The Labute approximate surface area is 178 Å². The highest BCUT2D eigenvalue weighted by Gasteiger charge is 2.28. The number of nitrogens with one attached hydrogen (secondary N) is 2. The number of anilines is 1. The van der Waals surface area contributed by atoms with E-state index in [1.54, 1.807) is 29.2 Å². The second-order valence-corrected chi connectivity index (χ2v) is 10.2. The summed E-state index contributed by atoms with van der Waals surface area (Å²) in [6, 6.07) is 15.1. The molecular formula is C23H30N3O3S+. The maximum absolute atomic E-state index is 12.6. The second-order valence-electron chi connectivity index (χ2n) is 8.23. The van der Waals surface area contributed by atoms with Gasteiger partial charge in [0.25, 0.3) is 5.91 Å². The topological polar surface area (TPSA) is 70.9 Å². The molecule has 30 heavy (non-hydrogen) atoms. The van der Waals surface area contributed by atoms with E-state index in [0.717, 1.165) is 12.1 Å². The minimum absolute atomic E-state index is 0.147. The van der Waals surface area contributed by atoms with Crippen molar-refractivity contribution in [2.75, 3.05) is 29.7 Å². The largest absolute Gasteiger partial charge is 0.348 e. The van der Waals surface area contributed by atoms with E-state index in [9.17, 15) is 13.2 Å². The van der Waals surface area contributed by atoms with Crippen LogP contribution in [0.3, 0.4) is 0 Å². The molecular weight excluding hydrogens is 398 g/mol. The number of carbonyl (C=O) groups is 1. The second kappa shape index (κ2) is 9.18. The number of nitrogens with zero attached hydrogens (tertiary/aromatic N) is 1. The van der Waals surface area contributed by atoms with Crippen LogP contribution in [0, 0.1) is 0 Å². The van der Waals surface area contributed by atoms with Gasteiger partial charge < -0.3 is 10.2 Å². The lowest BCUT2D eigenvalue weighted by atomic mass is 10.0. The lowest BCUT2D eigenvalue weighted by molar-refractivity contribution is -0.918. The van der Waals surface area contributed by atoms with Crippen LogP contribution in [-0.4, -0.2) is 39.7 Å². The highest BCUT2D eigenvalue weighted by atomic mass is 32.2. The molecule has 0 saturated carbocycles. The number of hydrogen-bond donors (Lipinski definition) is 2. The normalized spacial score (nSPS) is 19.0. The maximum Gasteiger partial charge on any atom is 0.251 e. The fraction of sp³-hybridized carbons (Fsp3) is 0.435. The van der Waals surface area contributed by atoms with Gasteiger partial charge in [-0.05, 0) is 55.5 Å². The number of carbonyl (C=O) groups excluding carboxylic acids is 1. The fourth-order valence-electron chi connectivity index (χ4n) is 4.39. The minimum atomic E-state index is -3.21. The van der Waals surface area contributed by atoms with Crippen LogP contribution in [0.4, 0.5) is 5.69 Å². The van der Waals surface area contributed by atoms with Gasteiger partial charge in [0.05, 0.1) is 24.5 Å². The van der Waals surface area contributed by atoms with E-state index in [1.807, 2.05) is 6.07 Å². The molecule has 2 aliphatic rings. The number of likely N-dealkylation sites (tertiary alicyclic amines) is 1. The third-order valence-electron chi connectivity index (χ3n) is 6.08. The van der Waals surface area contributed by atoms with Crippen molar-refractivity contribution in [3.63, 3.8) is 0 Å². The zero-order valence-corrected chi connectivity index (χ0v) is 18.1. The summed E-state index contributed by atoms with van der Waals surface area (Å²) < 4.78 is 25.5. The Morgan fingerprint density at radius 2 is 1.63 bits per heavy atom. The van der Waals surface area contributed by atoms with Crippen LogP contribution in [-0.2, 0) is 23.1 Å². The molecule has 2 fully saturated rings. The van der Waals surface area contributed by atoms with Crippen molar-refractivity contribution in [3.8, 4) is 0 Å². The highest BCUT2D eigenvalue weighted by molar-refractivity contribution is 7.93. The maximum atomic E-state index is 12.6. The zero-order chi connectivity index (χ0) is 21.0. The molecule has 2 aromatic rings. The first-order valence-corrected chi connectivity index (χ1v) is 12.4. The Morgan fingerprint density at radius 1 is 0.933 bits per heavy atom. The highest BCUT2D eigenvalue weighted by Crippen LogP contribution is 2.24. The first-order valence-electron chi connectivity index (χ1n) is 10.8. The van der Waals surface area contributed by atoms with Crippen molar-refractivity contribution >= 4 is 21.6 Å². The molecule has 160 valence electrons. The van der Waals surface area contributed by atoms with Crippen molar-refractivity contribution in [2.24, 2.45) is 0 Å². The molecule has 2 aromatic carbocycles. The van der Waals surface area contributed by atoms with Crippen molar-refractivity contribution in [1.29, 1.82) is 0 Å². The van der Waals surface area contributed by atoms with Crippen LogP contribution >= 0.6 is 0 Å². The Kier molecular flexibility index (Phi) is 6.39. The van der Waals surface area contributed by atoms with Gasteiger partial charge in [0, 0.05) is 24.2 Å². The third-order valence-corrected chi connectivity index (χ3v) is 7.95. The van der Waals surface area contributed by atoms with Crippen molar-refractivity contribution < 1.29 is 18.1 Å². The van der Waals surface area contributed by atoms with E-state index in [2.05, 4.69) is 23.5 Å². The number of hydrogen-bond acceptors (Lipinski definition) is 3. The lowest BCUT2D eigenvalue weighted by Gasteiger charge is -2.24. The summed E-state index contributed by atoms with van der Waals surface area (Å²) >= 11 is 0. The molecule has 0 aromatic heterocycles. The van der Waals surface area contributed by atoms with E-state index in [1.165, 1.54) is 42.2 Å². The number of benzene rings is 2. The van der Waals surface area contributed by atoms with Crippen LogP contribution in [0.2, 0.25) is 0 Å². The van der Waals surface area contributed by atoms with Crippen molar-refractivity contribution in [2.45, 2.75) is 38.8 Å². The molecule has 1 amide bonds. The standard InChI is InChI=1S/C23H29N3O3S/c27-23(19-9-11-22(12-10-19)26-15-6-16-30(26,28)29)24-17-20-7-2-3-8-21(20)18-25-13-4-1-5-14-25/h2-3,7-12H,1,4-6,13-18H2,(H,24,27)/p+1. The van der Waals surface area contributed by atoms with Gasteiger partial charge in [-0.3, -0.25) is 9.10 Å². The van der Waals surface area contributed by atoms with Crippen LogP contribution in [0.1, 0.15) is 47.2 Å². The quantitative estimate of drug-likeness (QED) is 0.736. The summed E-state index contributed by atoms with van der Waals surface area (Å²) in [5, 5.41) is 3.02. The van der Waals surface area contributed by atoms with Gasteiger partial charge in [0.15, 0.2) is 0 Å². The summed E-state index contributed by atoms with van der Waals surface area (Å²) in [6.07, 6.45) is 4.57. The van der Waals surface area contributed by atoms with Crippen LogP contribution in [0.5, 0.6) is 0 Å². The predicted molar refractivity (Wildman–Crippen MR) is 118 cm³/mol. The average molecular weight is 429 g/mol. The molecule has 0 bridgehead atoms. The summed E-state index contributed by atoms with van der Waals surface area (Å²) in [7, 11) is -3.21. The van der Waals surface area contributed by atoms with Gasteiger partial charge in [-0.15, -0.1) is 0 Å². The first kappa shape index (κ1) is 20.9. The van der Waals surface area contributed by atoms with Crippen LogP contribution in [0.25, 0.3) is 0 Å². The van der Waals surface area contributed by atoms with Gasteiger partial charge in [-0.2, -0.15) is 0 Å². The van der Waals surface area contributed by atoms with Gasteiger partial charge >= 0.3 is 0 Å². The third kappa shape index (κ3) is 4.84. The molecule has 2 heterocycles. The molecule has 0 spiro atoms. The zero-order valence-electron chi connectivity index (χ0n) is 17.3. The lowest BCUT2D eigenvalue weighted by Crippen LogP contribution is -3.11. The molecule has 7 heteroatoms. The van der Waals surface area contributed by atoms with Gasteiger partial charge in [-0.1, -0.05) is 24.3 Å². The molecule has 0 unspecified atom stereocenters. The Hall–Kier alpha value is -2.38. The summed E-state index contributed by atoms with van der Waals surface area (Å²) in [6.45, 7) is 4.44. The monoisotopic (exact) mass is 428 g/mol. The molecule has 2 N–H and O–H groups in total. The van der Waals surface area contributed by atoms with Gasteiger partial charge in [0.1, 0.15) is 6.54 Å². The molecule has 0 aliphatic carbocycles. The van der Waals surface area contributed by atoms with Crippen LogP contribution < -0.4 is 14.5 Å². The number of rotatable bonds is 6.